The van der Waals surface area contributed by atoms with Gasteiger partial charge in [0, 0.05) is 74.4 Å². The number of benzene rings is 2. The number of amides is 2. The van der Waals surface area contributed by atoms with Gasteiger partial charge in [-0.3, -0.25) is 4.79 Å². The smallest absolute Gasteiger partial charge is 0.319 e. The molecule has 2 aromatic carbocycles. The molecule has 1 aliphatic rings. The molecule has 0 radical (unpaired) electrons. The topological polar surface area (TPSA) is 104 Å². The molecule has 0 unspecified atom stereocenters. The molecule has 5 rings (SSSR count). The number of Topliss-reactive ketones (excluding diaryl/α,β-unsaturated/α-hetero) is 1. The summed E-state index contributed by atoms with van der Waals surface area (Å²) >= 11 is 0. The van der Waals surface area contributed by atoms with E-state index in [-0.39, 0.29) is 41.4 Å². The number of pyridine rings is 1. The van der Waals surface area contributed by atoms with E-state index in [2.05, 4.69) is 35.3 Å². The monoisotopic (exact) mass is 668 g/mol. The van der Waals surface area contributed by atoms with Crippen LogP contribution in [0.1, 0.15) is 30.6 Å². The fourth-order valence-electron chi connectivity index (χ4n) is 5.10. The number of hydrogen-bond acceptors (Lipinski definition) is 6. The van der Waals surface area contributed by atoms with Crippen molar-refractivity contribution in [3.8, 4) is 22.6 Å². The number of ketones is 1. The van der Waals surface area contributed by atoms with Crippen LogP contribution in [0.15, 0.2) is 48.8 Å². The molecule has 1 fully saturated rings. The maximum absolute atomic E-state index is 15.4. The molecule has 2 amide bonds. The third-order valence-corrected chi connectivity index (χ3v) is 9.55. The van der Waals surface area contributed by atoms with Crippen LogP contribution in [0.3, 0.4) is 0 Å². The second-order valence-corrected chi connectivity index (χ2v) is 19.0. The number of nitrogens with zero attached hydrogens (tertiary/aromatic N) is 2. The Balaban J connectivity index is 1.48. The highest BCUT2D eigenvalue weighted by molar-refractivity contribution is 6.76. The molecule has 9 nitrogen and oxygen atoms in total. The first-order valence-electron chi connectivity index (χ1n) is 15.4. The van der Waals surface area contributed by atoms with Crippen molar-refractivity contribution in [1.29, 1.82) is 0 Å². The molecule has 1 saturated heterocycles. The lowest BCUT2D eigenvalue weighted by Gasteiger charge is -2.37. The van der Waals surface area contributed by atoms with Crippen molar-refractivity contribution in [3.63, 3.8) is 0 Å². The van der Waals surface area contributed by atoms with Gasteiger partial charge in [0.2, 0.25) is 0 Å². The summed E-state index contributed by atoms with van der Waals surface area (Å²) in [4.78, 5) is 29.4. The number of hydrogen-bond donors (Lipinski definition) is 2. The second kappa shape index (κ2) is 13.9. The summed E-state index contributed by atoms with van der Waals surface area (Å²) in [7, 11) is -1.36. The third-order valence-electron chi connectivity index (χ3n) is 7.84. The van der Waals surface area contributed by atoms with Gasteiger partial charge in [0.1, 0.15) is 23.9 Å². The molecule has 0 atom stereocenters. The van der Waals surface area contributed by atoms with Crippen LogP contribution in [-0.4, -0.2) is 55.8 Å². The summed E-state index contributed by atoms with van der Waals surface area (Å²) < 4.78 is 64.3. The van der Waals surface area contributed by atoms with Gasteiger partial charge in [0.15, 0.2) is 23.2 Å². The van der Waals surface area contributed by atoms with Crippen molar-refractivity contribution < 1.29 is 37.0 Å². The molecule has 47 heavy (non-hydrogen) atoms. The van der Waals surface area contributed by atoms with Gasteiger partial charge in [0.05, 0.1) is 18.6 Å². The van der Waals surface area contributed by atoms with E-state index in [4.69, 9.17) is 14.2 Å². The minimum Gasteiger partial charge on any atom is -0.450 e. The minimum atomic E-state index is -1.36. The zero-order valence-corrected chi connectivity index (χ0v) is 28.1. The number of nitrogens with one attached hydrogen (secondary N) is 2. The van der Waals surface area contributed by atoms with Crippen molar-refractivity contribution in [3.05, 3.63) is 71.8 Å². The van der Waals surface area contributed by atoms with E-state index in [0.717, 1.165) is 18.2 Å². The second-order valence-electron chi connectivity index (χ2n) is 13.4. The fraction of sp³-hybridized carbons (Fsp3) is 0.382. The van der Waals surface area contributed by atoms with Crippen LogP contribution in [0.4, 0.5) is 23.7 Å². The molecule has 0 saturated carbocycles. The fourth-order valence-corrected chi connectivity index (χ4v) is 5.86. The van der Waals surface area contributed by atoms with Gasteiger partial charge < -0.3 is 29.4 Å². The van der Waals surface area contributed by atoms with E-state index in [0.29, 0.717) is 48.5 Å². The van der Waals surface area contributed by atoms with Crippen LogP contribution in [-0.2, 0) is 16.2 Å². The van der Waals surface area contributed by atoms with E-state index in [1.165, 1.54) is 24.4 Å². The van der Waals surface area contributed by atoms with Crippen LogP contribution < -0.4 is 15.4 Å². The van der Waals surface area contributed by atoms with Crippen LogP contribution in [0.25, 0.3) is 22.2 Å². The van der Waals surface area contributed by atoms with E-state index in [1.807, 2.05) is 6.92 Å². The lowest BCUT2D eigenvalue weighted by atomic mass is 9.89. The highest BCUT2D eigenvalue weighted by Crippen LogP contribution is 2.40. The van der Waals surface area contributed by atoms with Gasteiger partial charge >= 0.3 is 6.03 Å². The molecular formula is C34H39F3N4O5Si. The molecule has 0 spiro atoms. The summed E-state index contributed by atoms with van der Waals surface area (Å²) in [5.41, 5.74) is 1.08. The molecule has 250 valence electrons. The Morgan fingerprint density at radius 3 is 2.45 bits per heavy atom. The van der Waals surface area contributed by atoms with Crippen molar-refractivity contribution in [2.75, 3.05) is 31.7 Å². The molecule has 2 aromatic heterocycles. The molecule has 2 N–H and O–H groups in total. The number of urea groups is 1. The molecule has 1 aliphatic heterocycles. The first-order valence-corrected chi connectivity index (χ1v) is 19.2. The summed E-state index contributed by atoms with van der Waals surface area (Å²) in [5, 5.41) is 5.47. The highest BCUT2D eigenvalue weighted by atomic mass is 28.3. The number of carbonyl (C=O) groups is 2. The first-order chi connectivity index (χ1) is 22.2. The Hall–Kier alpha value is -4.20. The van der Waals surface area contributed by atoms with Crippen molar-refractivity contribution in [2.24, 2.45) is 5.41 Å². The van der Waals surface area contributed by atoms with Crippen LogP contribution in [0, 0.1) is 22.9 Å². The molecule has 0 bridgehead atoms. The van der Waals surface area contributed by atoms with Gasteiger partial charge in [-0.05, 0) is 35.9 Å². The van der Waals surface area contributed by atoms with Gasteiger partial charge in [-0.2, -0.15) is 0 Å². The molecule has 3 heterocycles. The van der Waals surface area contributed by atoms with Crippen molar-refractivity contribution in [1.82, 2.24) is 14.9 Å². The number of halogens is 3. The van der Waals surface area contributed by atoms with E-state index in [1.54, 1.807) is 23.8 Å². The van der Waals surface area contributed by atoms with E-state index >= 15 is 8.78 Å². The zero-order valence-electron chi connectivity index (χ0n) is 27.1. The zero-order chi connectivity index (χ0) is 33.9. The number of ether oxygens (including phenoxy) is 3. The van der Waals surface area contributed by atoms with E-state index in [9.17, 15) is 14.0 Å². The minimum absolute atomic E-state index is 0.0469. The first kappa shape index (κ1) is 34.1. The predicted octanol–water partition coefficient (Wildman–Crippen LogP) is 7.98. The average Bonchev–Trinajstić information content (AvgIpc) is 3.37. The normalized spacial score (nSPS) is 14.1. The average molecular weight is 669 g/mol. The maximum Gasteiger partial charge on any atom is 0.319 e. The predicted molar refractivity (Wildman–Crippen MR) is 176 cm³/mol. The summed E-state index contributed by atoms with van der Waals surface area (Å²) in [6, 6.07) is 7.70. The number of anilines is 1. The molecular weight excluding hydrogens is 629 g/mol. The summed E-state index contributed by atoms with van der Waals surface area (Å²) in [6.45, 7) is 12.4. The Morgan fingerprint density at radius 2 is 1.81 bits per heavy atom. The third kappa shape index (κ3) is 8.21. The molecule has 4 aromatic rings. The SMILES string of the molecule is CCC(=O)c1cc(F)cc(-c2cn(COCC[Si](C)(C)C)c3nccc(Oc4c(F)cc(NC(=O)NCC5(C)COC5)cc4F)c23)c1. The van der Waals surface area contributed by atoms with Crippen molar-refractivity contribution >= 4 is 36.6 Å². The number of aromatic nitrogens is 2. The van der Waals surface area contributed by atoms with Crippen LogP contribution in [0.5, 0.6) is 11.5 Å². The summed E-state index contributed by atoms with van der Waals surface area (Å²) in [5.74, 6) is -3.61. The van der Waals surface area contributed by atoms with Gasteiger partial charge in [-0.1, -0.05) is 33.5 Å². The van der Waals surface area contributed by atoms with Crippen LogP contribution >= 0.6 is 0 Å². The Morgan fingerprint density at radius 1 is 1.09 bits per heavy atom. The quantitative estimate of drug-likeness (QED) is 0.0851. The van der Waals surface area contributed by atoms with E-state index < -0.39 is 37.3 Å². The standard InChI is InChI=1S/C34H39F3N4O5Si/c1-6-28(42)22-11-21(12-23(35)13-22)25-16-41(20-44-9-10-47(3,4)5)32-30(25)29(7-8-38-32)46-31-26(36)14-24(15-27(31)37)40-33(43)39-17-34(2)18-45-19-34/h7-8,11-16H,6,9-10,17-20H2,1-5H3,(H2,39,40,43). The van der Waals surface area contributed by atoms with Gasteiger partial charge in [-0.25, -0.2) is 22.9 Å². The van der Waals surface area contributed by atoms with Crippen molar-refractivity contribution in [2.45, 2.75) is 52.7 Å². The molecule has 13 heteroatoms. The van der Waals surface area contributed by atoms with Crippen LogP contribution in [0.2, 0.25) is 25.7 Å². The van der Waals surface area contributed by atoms with Gasteiger partial charge in [-0.15, -0.1) is 0 Å². The molecule has 0 aliphatic carbocycles. The number of rotatable bonds is 13. The lowest BCUT2D eigenvalue weighted by molar-refractivity contribution is -0.0974. The Kier molecular flexibility index (Phi) is 10.1. The van der Waals surface area contributed by atoms with Gasteiger partial charge in [0.25, 0.3) is 0 Å². The Bertz CT molecular complexity index is 1780. The lowest BCUT2D eigenvalue weighted by Crippen LogP contribution is -2.49. The number of fused-ring (bicyclic) bond motifs is 1. The maximum atomic E-state index is 15.4. The Labute approximate surface area is 272 Å². The highest BCUT2D eigenvalue weighted by Gasteiger charge is 2.33. The largest absolute Gasteiger partial charge is 0.450 e. The number of carbonyl (C=O) groups excluding carboxylic acids is 2. The summed E-state index contributed by atoms with van der Waals surface area (Å²) in [6.07, 6.45) is 3.31.